The van der Waals surface area contributed by atoms with Gasteiger partial charge in [-0.05, 0) is 25.1 Å². The first-order valence-electron chi connectivity index (χ1n) is 5.05. The van der Waals surface area contributed by atoms with Crippen LogP contribution in [0.2, 0.25) is 5.02 Å². The lowest BCUT2D eigenvalue weighted by Gasteiger charge is -2.07. The molecule has 0 saturated carbocycles. The van der Waals surface area contributed by atoms with E-state index in [-0.39, 0.29) is 0 Å². The topological polar surface area (TPSA) is 61.0 Å². The van der Waals surface area contributed by atoms with Crippen molar-refractivity contribution in [2.45, 2.75) is 6.92 Å². The summed E-state index contributed by atoms with van der Waals surface area (Å²) in [4.78, 5) is 8.33. The van der Waals surface area contributed by atoms with E-state index < -0.39 is 0 Å². The highest BCUT2D eigenvalue weighted by Gasteiger charge is 2.08. The summed E-state index contributed by atoms with van der Waals surface area (Å²) in [6, 6.07) is 7.11. The SMILES string of the molecule is COc1ccc(-c2cc(N)nc(C)n2)c(Cl)c1. The third-order valence-electron chi connectivity index (χ3n) is 2.31. The molecule has 2 N–H and O–H groups in total. The van der Waals surface area contributed by atoms with Gasteiger partial charge in [0.25, 0.3) is 0 Å². The van der Waals surface area contributed by atoms with Gasteiger partial charge in [-0.3, -0.25) is 0 Å². The lowest BCUT2D eigenvalue weighted by atomic mass is 10.1. The molecule has 2 rings (SSSR count). The number of ether oxygens (including phenoxy) is 1. The molecule has 88 valence electrons. The molecule has 0 bridgehead atoms. The number of anilines is 1. The molecule has 0 amide bonds. The van der Waals surface area contributed by atoms with Crippen molar-refractivity contribution in [3.63, 3.8) is 0 Å². The minimum atomic E-state index is 0.430. The highest BCUT2D eigenvalue weighted by molar-refractivity contribution is 6.33. The predicted octanol–water partition coefficient (Wildman–Crippen LogP) is 2.70. The lowest BCUT2D eigenvalue weighted by molar-refractivity contribution is 0.415. The van der Waals surface area contributed by atoms with Crippen molar-refractivity contribution in [3.8, 4) is 17.0 Å². The van der Waals surface area contributed by atoms with E-state index in [1.54, 1.807) is 26.2 Å². The van der Waals surface area contributed by atoms with E-state index in [0.717, 1.165) is 5.56 Å². The molecule has 2 aromatic rings. The quantitative estimate of drug-likeness (QED) is 0.889. The summed E-state index contributed by atoms with van der Waals surface area (Å²) in [5.41, 5.74) is 7.20. The fraction of sp³-hybridized carbons (Fsp3) is 0.167. The van der Waals surface area contributed by atoms with Gasteiger partial charge < -0.3 is 10.5 Å². The maximum absolute atomic E-state index is 6.17. The number of hydrogen-bond donors (Lipinski definition) is 1. The standard InChI is InChI=1S/C12H12ClN3O/c1-7-15-11(6-12(14)16-7)9-4-3-8(17-2)5-10(9)13/h3-6H,1-2H3,(H2,14,15,16). The van der Waals surface area contributed by atoms with Crippen molar-refractivity contribution in [1.82, 2.24) is 9.97 Å². The number of benzene rings is 1. The number of methoxy groups -OCH3 is 1. The minimum Gasteiger partial charge on any atom is -0.497 e. The van der Waals surface area contributed by atoms with Crippen LogP contribution >= 0.6 is 11.6 Å². The molecular formula is C12H12ClN3O. The van der Waals surface area contributed by atoms with Crippen LogP contribution in [0.3, 0.4) is 0 Å². The van der Waals surface area contributed by atoms with Gasteiger partial charge in [0.2, 0.25) is 0 Å². The Bertz CT molecular complexity index is 537. The number of aryl methyl sites for hydroxylation is 1. The lowest BCUT2D eigenvalue weighted by Crippen LogP contribution is -1.97. The van der Waals surface area contributed by atoms with E-state index in [4.69, 9.17) is 22.1 Å². The monoisotopic (exact) mass is 249 g/mol. The Kier molecular flexibility index (Phi) is 3.15. The number of hydrogen-bond acceptors (Lipinski definition) is 4. The third-order valence-corrected chi connectivity index (χ3v) is 2.62. The maximum atomic E-state index is 6.17. The van der Waals surface area contributed by atoms with Crippen LogP contribution in [0.25, 0.3) is 11.3 Å². The molecule has 0 spiro atoms. The van der Waals surface area contributed by atoms with Crippen molar-refractivity contribution in [3.05, 3.63) is 35.1 Å². The van der Waals surface area contributed by atoms with Gasteiger partial charge in [0, 0.05) is 11.6 Å². The van der Waals surface area contributed by atoms with Gasteiger partial charge in [0.1, 0.15) is 17.4 Å². The smallest absolute Gasteiger partial charge is 0.128 e. The van der Waals surface area contributed by atoms with Crippen molar-refractivity contribution in [1.29, 1.82) is 0 Å². The number of nitrogens with two attached hydrogens (primary N) is 1. The van der Waals surface area contributed by atoms with Crippen LogP contribution < -0.4 is 10.5 Å². The van der Waals surface area contributed by atoms with Crippen molar-refractivity contribution >= 4 is 17.4 Å². The summed E-state index contributed by atoms with van der Waals surface area (Å²) in [5.74, 6) is 1.75. The Morgan fingerprint density at radius 1 is 1.24 bits per heavy atom. The number of nitrogen functional groups attached to an aromatic ring is 1. The fourth-order valence-corrected chi connectivity index (χ4v) is 1.83. The molecule has 0 saturated heterocycles. The van der Waals surface area contributed by atoms with Crippen LogP contribution in [0.4, 0.5) is 5.82 Å². The number of nitrogens with zero attached hydrogens (tertiary/aromatic N) is 2. The Labute approximate surface area is 104 Å². The van der Waals surface area contributed by atoms with Gasteiger partial charge in [0.05, 0.1) is 17.8 Å². The van der Waals surface area contributed by atoms with Crippen LogP contribution in [0.5, 0.6) is 5.75 Å². The van der Waals surface area contributed by atoms with Crippen molar-refractivity contribution in [2.75, 3.05) is 12.8 Å². The summed E-state index contributed by atoms with van der Waals surface area (Å²) in [6.07, 6.45) is 0. The predicted molar refractivity (Wildman–Crippen MR) is 68.2 cm³/mol. The molecule has 0 atom stereocenters. The van der Waals surface area contributed by atoms with Crippen LogP contribution in [0, 0.1) is 6.92 Å². The van der Waals surface area contributed by atoms with Crippen LogP contribution in [0.15, 0.2) is 24.3 Å². The molecule has 5 heteroatoms. The molecule has 17 heavy (non-hydrogen) atoms. The molecule has 1 heterocycles. The molecule has 4 nitrogen and oxygen atoms in total. The first kappa shape index (κ1) is 11.7. The van der Waals surface area contributed by atoms with Gasteiger partial charge in [-0.2, -0.15) is 0 Å². The molecule has 0 fully saturated rings. The Morgan fingerprint density at radius 2 is 2.00 bits per heavy atom. The molecule has 0 aliphatic rings. The Balaban J connectivity index is 2.52. The zero-order valence-corrected chi connectivity index (χ0v) is 10.3. The first-order chi connectivity index (χ1) is 8.10. The van der Waals surface area contributed by atoms with E-state index >= 15 is 0 Å². The second kappa shape index (κ2) is 4.59. The van der Waals surface area contributed by atoms with E-state index in [2.05, 4.69) is 9.97 Å². The third kappa shape index (κ3) is 2.47. The molecule has 0 radical (unpaired) electrons. The molecular weight excluding hydrogens is 238 g/mol. The normalized spacial score (nSPS) is 10.3. The summed E-state index contributed by atoms with van der Waals surface area (Å²) in [5, 5.41) is 0.571. The maximum Gasteiger partial charge on any atom is 0.128 e. The minimum absolute atomic E-state index is 0.430. The number of rotatable bonds is 2. The average Bonchev–Trinajstić information content (AvgIpc) is 2.27. The highest BCUT2D eigenvalue weighted by Crippen LogP contribution is 2.30. The van der Waals surface area contributed by atoms with Crippen LogP contribution in [-0.4, -0.2) is 17.1 Å². The molecule has 1 aromatic carbocycles. The van der Waals surface area contributed by atoms with Crippen LogP contribution in [0.1, 0.15) is 5.82 Å². The average molecular weight is 250 g/mol. The largest absolute Gasteiger partial charge is 0.497 e. The summed E-state index contributed by atoms with van der Waals surface area (Å²) >= 11 is 6.17. The van der Waals surface area contributed by atoms with E-state index in [1.165, 1.54) is 0 Å². The van der Waals surface area contributed by atoms with Gasteiger partial charge in [-0.1, -0.05) is 11.6 Å². The van der Waals surface area contributed by atoms with Crippen molar-refractivity contribution < 1.29 is 4.74 Å². The zero-order valence-electron chi connectivity index (χ0n) is 9.57. The molecule has 1 aromatic heterocycles. The fourth-order valence-electron chi connectivity index (χ4n) is 1.56. The van der Waals surface area contributed by atoms with Gasteiger partial charge in [-0.15, -0.1) is 0 Å². The van der Waals surface area contributed by atoms with Gasteiger partial charge >= 0.3 is 0 Å². The molecule has 0 aliphatic heterocycles. The molecule has 0 unspecified atom stereocenters. The second-order valence-corrected chi connectivity index (χ2v) is 3.98. The highest BCUT2D eigenvalue weighted by atomic mass is 35.5. The zero-order chi connectivity index (χ0) is 12.4. The molecule has 0 aliphatic carbocycles. The second-order valence-electron chi connectivity index (χ2n) is 3.57. The van der Waals surface area contributed by atoms with E-state index in [1.807, 2.05) is 12.1 Å². The Hall–Kier alpha value is -1.81. The first-order valence-corrected chi connectivity index (χ1v) is 5.43. The van der Waals surface area contributed by atoms with Gasteiger partial charge in [-0.25, -0.2) is 9.97 Å². The Morgan fingerprint density at radius 3 is 2.59 bits per heavy atom. The van der Waals surface area contributed by atoms with Gasteiger partial charge in [0.15, 0.2) is 0 Å². The summed E-state index contributed by atoms with van der Waals surface area (Å²) in [6.45, 7) is 1.79. The van der Waals surface area contributed by atoms with Crippen LogP contribution in [-0.2, 0) is 0 Å². The van der Waals surface area contributed by atoms with Crippen molar-refractivity contribution in [2.24, 2.45) is 0 Å². The summed E-state index contributed by atoms with van der Waals surface area (Å²) < 4.78 is 5.09. The van der Waals surface area contributed by atoms with E-state index in [0.29, 0.717) is 28.1 Å². The van der Waals surface area contributed by atoms with E-state index in [9.17, 15) is 0 Å². The number of aromatic nitrogens is 2. The summed E-state index contributed by atoms with van der Waals surface area (Å²) in [7, 11) is 1.60. The number of halogens is 1.